The number of hydrogen-bond donors (Lipinski definition) is 0. The van der Waals surface area contributed by atoms with E-state index in [4.69, 9.17) is 5.26 Å². The molecule has 0 fully saturated rings. The Morgan fingerprint density at radius 3 is 2.43 bits per heavy atom. The number of allylic oxidation sites excluding steroid dienone is 1. The molecule has 0 aliphatic heterocycles. The Morgan fingerprint density at radius 1 is 1.10 bits per heavy atom. The zero-order valence-electron chi connectivity index (χ0n) is 15.8. The smallest absolute Gasteiger partial charge is 0.320 e. The van der Waals surface area contributed by atoms with E-state index in [1.54, 1.807) is 28.8 Å². The highest BCUT2D eigenvalue weighted by Crippen LogP contribution is 2.15. The minimum atomic E-state index is -0.581. The van der Waals surface area contributed by atoms with Gasteiger partial charge in [0, 0.05) is 13.1 Å². The number of imidazole rings is 1. The first kappa shape index (κ1) is 19.1. The fraction of sp³-hybridized carbons (Fsp3) is 0.0909. The van der Waals surface area contributed by atoms with Crippen molar-refractivity contribution in [2.45, 2.75) is 13.1 Å². The molecule has 148 valence electrons. The topological polar surface area (TPSA) is 85.6 Å². The van der Waals surface area contributed by atoms with Crippen LogP contribution in [0.15, 0.2) is 77.1 Å². The van der Waals surface area contributed by atoms with Gasteiger partial charge in [0.05, 0.1) is 23.6 Å². The van der Waals surface area contributed by atoms with Gasteiger partial charge in [0.2, 0.25) is 0 Å². The predicted molar refractivity (Wildman–Crippen MR) is 110 cm³/mol. The summed E-state index contributed by atoms with van der Waals surface area (Å²) in [5.74, 6) is -0.436. The van der Waals surface area contributed by atoms with Crippen molar-refractivity contribution in [1.29, 1.82) is 5.26 Å². The summed E-state index contributed by atoms with van der Waals surface area (Å²) >= 11 is 0. The quantitative estimate of drug-likeness (QED) is 0.481. The molecule has 0 bridgehead atoms. The number of rotatable bonds is 5. The molecule has 30 heavy (non-hydrogen) atoms. The molecule has 4 rings (SSSR count). The summed E-state index contributed by atoms with van der Waals surface area (Å²) in [6.45, 7) is 3.97. The fourth-order valence-electron chi connectivity index (χ4n) is 3.29. The van der Waals surface area contributed by atoms with Crippen LogP contribution in [0.1, 0.15) is 11.1 Å². The van der Waals surface area contributed by atoms with E-state index in [2.05, 4.69) is 17.6 Å². The summed E-state index contributed by atoms with van der Waals surface area (Å²) in [6.07, 6.45) is 2.95. The average molecular weight is 401 g/mol. The van der Waals surface area contributed by atoms with E-state index in [9.17, 15) is 14.0 Å². The minimum absolute atomic E-state index is 0.0247. The van der Waals surface area contributed by atoms with Gasteiger partial charge >= 0.3 is 5.69 Å². The Balaban J connectivity index is 1.95. The Bertz CT molecular complexity index is 1400. The van der Waals surface area contributed by atoms with Crippen LogP contribution in [-0.4, -0.2) is 18.7 Å². The average Bonchev–Trinajstić information content (AvgIpc) is 3.16. The van der Waals surface area contributed by atoms with Crippen LogP contribution in [0.3, 0.4) is 0 Å². The molecule has 0 saturated heterocycles. The molecule has 0 N–H and O–H groups in total. The van der Waals surface area contributed by atoms with E-state index < -0.39 is 17.1 Å². The van der Waals surface area contributed by atoms with Gasteiger partial charge in [0.1, 0.15) is 5.82 Å². The molecule has 0 saturated carbocycles. The first-order valence-corrected chi connectivity index (χ1v) is 9.10. The summed E-state index contributed by atoms with van der Waals surface area (Å²) in [7, 11) is 0. The fourth-order valence-corrected chi connectivity index (χ4v) is 3.29. The van der Waals surface area contributed by atoms with Crippen LogP contribution in [-0.2, 0) is 13.1 Å². The standard InChI is InChI=1S/C22H16FN5O2/c1-2-11-27-21(29)19-20(28(22(27)30)18-9-7-17(23)8-10-18)25-14-26(19)13-16-5-3-15(12-24)4-6-16/h2-10,14H,1,11,13H2. The van der Waals surface area contributed by atoms with Gasteiger partial charge in [-0.2, -0.15) is 5.26 Å². The zero-order chi connectivity index (χ0) is 21.3. The van der Waals surface area contributed by atoms with Gasteiger partial charge in [0.25, 0.3) is 5.56 Å². The molecule has 2 aromatic heterocycles. The molecule has 0 amide bonds. The Labute approximate surface area is 170 Å². The van der Waals surface area contributed by atoms with E-state index in [1.807, 2.05) is 0 Å². The van der Waals surface area contributed by atoms with E-state index in [0.717, 1.165) is 10.1 Å². The number of nitrogens with zero attached hydrogens (tertiary/aromatic N) is 5. The molecule has 2 aromatic carbocycles. The maximum atomic E-state index is 13.4. The predicted octanol–water partition coefficient (Wildman–Crippen LogP) is 2.59. The second-order valence-electron chi connectivity index (χ2n) is 6.65. The van der Waals surface area contributed by atoms with Crippen LogP contribution in [0.2, 0.25) is 0 Å². The first-order valence-electron chi connectivity index (χ1n) is 9.10. The Morgan fingerprint density at radius 2 is 1.80 bits per heavy atom. The summed E-state index contributed by atoms with van der Waals surface area (Å²) in [4.78, 5) is 30.4. The lowest BCUT2D eigenvalue weighted by atomic mass is 10.1. The van der Waals surface area contributed by atoms with Crippen LogP contribution in [0.25, 0.3) is 16.9 Å². The van der Waals surface area contributed by atoms with Crippen molar-refractivity contribution in [2.75, 3.05) is 0 Å². The van der Waals surface area contributed by atoms with Gasteiger partial charge in [-0.3, -0.25) is 9.36 Å². The van der Waals surface area contributed by atoms with Gasteiger partial charge in [-0.25, -0.2) is 18.7 Å². The van der Waals surface area contributed by atoms with Crippen molar-refractivity contribution < 1.29 is 4.39 Å². The van der Waals surface area contributed by atoms with Crippen molar-refractivity contribution in [1.82, 2.24) is 18.7 Å². The number of aromatic nitrogens is 4. The SMILES string of the molecule is C=CCn1c(=O)c2c(ncn2Cc2ccc(C#N)cc2)n(-c2ccc(F)cc2)c1=O. The minimum Gasteiger partial charge on any atom is -0.320 e. The Kier molecular flexibility index (Phi) is 4.86. The van der Waals surface area contributed by atoms with Crippen LogP contribution in [0.4, 0.5) is 4.39 Å². The molecule has 2 heterocycles. The monoisotopic (exact) mass is 401 g/mol. The normalized spacial score (nSPS) is 10.8. The summed E-state index contributed by atoms with van der Waals surface area (Å²) in [5, 5.41) is 8.95. The lowest BCUT2D eigenvalue weighted by Crippen LogP contribution is -2.39. The van der Waals surface area contributed by atoms with Crippen molar-refractivity contribution in [3.8, 4) is 11.8 Å². The maximum absolute atomic E-state index is 13.4. The van der Waals surface area contributed by atoms with Crippen LogP contribution >= 0.6 is 0 Å². The van der Waals surface area contributed by atoms with Gasteiger partial charge in [-0.15, -0.1) is 6.58 Å². The number of halogens is 1. The summed E-state index contributed by atoms with van der Waals surface area (Å²) < 4.78 is 17.4. The molecule has 0 radical (unpaired) electrons. The largest absolute Gasteiger partial charge is 0.337 e. The highest BCUT2D eigenvalue weighted by molar-refractivity contribution is 5.72. The maximum Gasteiger partial charge on any atom is 0.337 e. The van der Waals surface area contributed by atoms with Gasteiger partial charge in [-0.05, 0) is 42.0 Å². The molecule has 0 spiro atoms. The van der Waals surface area contributed by atoms with Crippen molar-refractivity contribution >= 4 is 11.2 Å². The zero-order valence-corrected chi connectivity index (χ0v) is 15.8. The number of hydrogen-bond acceptors (Lipinski definition) is 4. The summed E-state index contributed by atoms with van der Waals surface area (Å²) in [6, 6.07) is 14.4. The second-order valence-corrected chi connectivity index (χ2v) is 6.65. The van der Waals surface area contributed by atoms with E-state index >= 15 is 0 Å². The number of nitriles is 1. The highest BCUT2D eigenvalue weighted by Gasteiger charge is 2.19. The van der Waals surface area contributed by atoms with Crippen LogP contribution in [0.5, 0.6) is 0 Å². The van der Waals surface area contributed by atoms with Crippen molar-refractivity contribution in [2.24, 2.45) is 0 Å². The third-order valence-corrected chi connectivity index (χ3v) is 4.73. The van der Waals surface area contributed by atoms with Gasteiger partial charge in [0.15, 0.2) is 11.2 Å². The van der Waals surface area contributed by atoms with Gasteiger partial charge in [-0.1, -0.05) is 18.2 Å². The second kappa shape index (κ2) is 7.64. The van der Waals surface area contributed by atoms with Gasteiger partial charge < -0.3 is 4.57 Å². The van der Waals surface area contributed by atoms with Crippen LogP contribution < -0.4 is 11.2 Å². The number of benzene rings is 2. The van der Waals surface area contributed by atoms with Crippen molar-refractivity contribution in [3.05, 3.63) is 105 Å². The van der Waals surface area contributed by atoms with E-state index in [-0.39, 0.29) is 17.7 Å². The Hall–Kier alpha value is -4.25. The first-order chi connectivity index (χ1) is 14.5. The third kappa shape index (κ3) is 3.22. The molecule has 4 aromatic rings. The molecule has 0 aliphatic carbocycles. The molecule has 0 aliphatic rings. The molecule has 8 heteroatoms. The molecular weight excluding hydrogens is 385 g/mol. The highest BCUT2D eigenvalue weighted by atomic mass is 19.1. The van der Waals surface area contributed by atoms with E-state index in [1.165, 1.54) is 41.2 Å². The number of fused-ring (bicyclic) bond motifs is 1. The molecule has 7 nitrogen and oxygen atoms in total. The van der Waals surface area contributed by atoms with Crippen LogP contribution in [0, 0.1) is 17.1 Å². The summed E-state index contributed by atoms with van der Waals surface area (Å²) in [5.41, 5.74) is 1.15. The van der Waals surface area contributed by atoms with Crippen molar-refractivity contribution in [3.63, 3.8) is 0 Å². The lowest BCUT2D eigenvalue weighted by Gasteiger charge is -2.12. The molecule has 0 atom stereocenters. The molecule has 0 unspecified atom stereocenters. The molecular formula is C22H16FN5O2. The third-order valence-electron chi connectivity index (χ3n) is 4.73. The van der Waals surface area contributed by atoms with E-state index in [0.29, 0.717) is 17.8 Å². The lowest BCUT2D eigenvalue weighted by molar-refractivity contribution is 0.626.